The van der Waals surface area contributed by atoms with Gasteiger partial charge in [0.25, 0.3) is 5.91 Å². The van der Waals surface area contributed by atoms with Crippen LogP contribution in [0.25, 0.3) is 0 Å². The smallest absolute Gasteiger partial charge is 0.265 e. The zero-order valence-electron chi connectivity index (χ0n) is 11.1. The van der Waals surface area contributed by atoms with Crippen molar-refractivity contribution in [2.75, 3.05) is 45.6 Å². The lowest BCUT2D eigenvalue weighted by Gasteiger charge is -2.32. The summed E-state index contributed by atoms with van der Waals surface area (Å²) in [4.78, 5) is 18.4. The van der Waals surface area contributed by atoms with E-state index in [-0.39, 0.29) is 5.91 Å². The summed E-state index contributed by atoms with van der Waals surface area (Å²) in [6.07, 6.45) is 0. The average Bonchev–Trinajstić information content (AvgIpc) is 2.40. The Balaban J connectivity index is 2.01. The number of amides is 1. The fraction of sp³-hybridized carbons (Fsp3) is 0.500. The lowest BCUT2D eigenvalue weighted by atomic mass is 10.2. The number of likely N-dealkylation sites (N-methyl/N-ethyl adjacent to an activating group) is 1. The van der Waals surface area contributed by atoms with Crippen molar-refractivity contribution in [2.45, 2.75) is 0 Å². The van der Waals surface area contributed by atoms with Crippen LogP contribution in [0.4, 0.5) is 5.82 Å². The molecule has 1 aliphatic rings. The summed E-state index contributed by atoms with van der Waals surface area (Å²) >= 11 is 5.88. The van der Waals surface area contributed by atoms with Crippen molar-refractivity contribution in [2.24, 2.45) is 0 Å². The van der Waals surface area contributed by atoms with Gasteiger partial charge < -0.3 is 10.2 Å². The van der Waals surface area contributed by atoms with Crippen LogP contribution in [0.2, 0.25) is 5.15 Å². The Labute approximate surface area is 117 Å². The molecule has 0 saturated carbocycles. The number of carbonyl (C=O) groups is 1. The number of halogens is 1. The first-order valence-electron chi connectivity index (χ1n) is 6.18. The summed E-state index contributed by atoms with van der Waals surface area (Å²) < 4.78 is 0. The number of hydrogen-bond donors (Lipinski definition) is 2. The number of aromatic nitrogens is 1. The minimum Gasteiger partial charge on any atom is -0.373 e. The standard InChI is InChI=1S/C12H18ClN5O/c1-14-11-8-9(7-10(13)15-11)12(19)16-18-5-3-17(2)4-6-18/h7-8H,3-6H2,1-2H3,(H,14,15)(H,16,19). The quantitative estimate of drug-likeness (QED) is 0.799. The SMILES string of the molecule is CNc1cc(C(=O)NN2CCN(C)CC2)cc(Cl)n1. The van der Waals surface area contributed by atoms with Crippen molar-refractivity contribution in [1.82, 2.24) is 20.3 Å². The molecule has 2 heterocycles. The van der Waals surface area contributed by atoms with Crippen molar-refractivity contribution < 1.29 is 4.79 Å². The van der Waals surface area contributed by atoms with E-state index in [9.17, 15) is 4.79 Å². The molecule has 7 heteroatoms. The number of nitrogens with zero attached hydrogens (tertiary/aromatic N) is 3. The Morgan fingerprint density at radius 1 is 1.32 bits per heavy atom. The number of carbonyl (C=O) groups excluding carboxylic acids is 1. The number of nitrogens with one attached hydrogen (secondary N) is 2. The van der Waals surface area contributed by atoms with E-state index in [2.05, 4.69) is 27.7 Å². The van der Waals surface area contributed by atoms with Gasteiger partial charge in [-0.15, -0.1) is 0 Å². The van der Waals surface area contributed by atoms with E-state index in [1.807, 2.05) is 5.01 Å². The predicted octanol–water partition coefficient (Wildman–Crippen LogP) is 0.669. The molecule has 0 bridgehead atoms. The van der Waals surface area contributed by atoms with E-state index in [1.54, 1.807) is 19.2 Å². The van der Waals surface area contributed by atoms with E-state index in [0.717, 1.165) is 26.2 Å². The number of anilines is 1. The van der Waals surface area contributed by atoms with Crippen LogP contribution in [0.15, 0.2) is 12.1 Å². The maximum absolute atomic E-state index is 12.1. The molecule has 1 aromatic heterocycles. The molecule has 0 spiro atoms. The van der Waals surface area contributed by atoms with Gasteiger partial charge in [-0.1, -0.05) is 11.6 Å². The predicted molar refractivity (Wildman–Crippen MR) is 75.3 cm³/mol. The molecule has 1 saturated heterocycles. The van der Waals surface area contributed by atoms with Crippen LogP contribution < -0.4 is 10.7 Å². The first-order chi connectivity index (χ1) is 9.08. The van der Waals surface area contributed by atoms with Gasteiger partial charge >= 0.3 is 0 Å². The zero-order valence-corrected chi connectivity index (χ0v) is 11.9. The summed E-state index contributed by atoms with van der Waals surface area (Å²) in [5, 5.41) is 5.10. The Hall–Kier alpha value is -1.37. The molecule has 2 N–H and O–H groups in total. The second kappa shape index (κ2) is 6.18. The van der Waals surface area contributed by atoms with Crippen LogP contribution in [0.1, 0.15) is 10.4 Å². The fourth-order valence-corrected chi connectivity index (χ4v) is 2.09. The van der Waals surface area contributed by atoms with Gasteiger partial charge in [0.2, 0.25) is 0 Å². The number of piperazine rings is 1. The van der Waals surface area contributed by atoms with Crippen LogP contribution in [0.5, 0.6) is 0 Å². The maximum Gasteiger partial charge on any atom is 0.265 e. The first-order valence-corrected chi connectivity index (χ1v) is 6.56. The molecule has 2 rings (SSSR count). The van der Waals surface area contributed by atoms with Gasteiger partial charge in [0.1, 0.15) is 11.0 Å². The molecule has 104 valence electrons. The van der Waals surface area contributed by atoms with Crippen molar-refractivity contribution in [3.8, 4) is 0 Å². The number of pyridine rings is 1. The van der Waals surface area contributed by atoms with Crippen molar-refractivity contribution in [3.05, 3.63) is 22.8 Å². The normalized spacial score (nSPS) is 17.2. The molecule has 1 fully saturated rings. The third-order valence-electron chi connectivity index (χ3n) is 3.08. The summed E-state index contributed by atoms with van der Waals surface area (Å²) in [5.41, 5.74) is 3.39. The van der Waals surface area contributed by atoms with Crippen molar-refractivity contribution in [3.63, 3.8) is 0 Å². The molecular formula is C12H18ClN5O. The fourth-order valence-electron chi connectivity index (χ4n) is 1.88. The number of hydrogen-bond acceptors (Lipinski definition) is 5. The number of rotatable bonds is 3. The second-order valence-corrected chi connectivity index (χ2v) is 4.93. The van der Waals surface area contributed by atoms with E-state index in [1.165, 1.54) is 0 Å². The van der Waals surface area contributed by atoms with Crippen molar-refractivity contribution >= 4 is 23.3 Å². The highest BCUT2D eigenvalue weighted by atomic mass is 35.5. The maximum atomic E-state index is 12.1. The van der Waals surface area contributed by atoms with Gasteiger partial charge in [-0.3, -0.25) is 10.2 Å². The monoisotopic (exact) mass is 283 g/mol. The van der Waals surface area contributed by atoms with Gasteiger partial charge in [-0.25, -0.2) is 9.99 Å². The van der Waals surface area contributed by atoms with Gasteiger partial charge in [-0.05, 0) is 19.2 Å². The molecule has 0 radical (unpaired) electrons. The van der Waals surface area contributed by atoms with Crippen LogP contribution in [0.3, 0.4) is 0 Å². The van der Waals surface area contributed by atoms with Crippen molar-refractivity contribution in [1.29, 1.82) is 0 Å². The lowest BCUT2D eigenvalue weighted by molar-refractivity contribution is 0.0662. The molecule has 0 aliphatic carbocycles. The summed E-state index contributed by atoms with van der Waals surface area (Å²) in [6.45, 7) is 3.53. The first kappa shape index (κ1) is 14.0. The molecule has 1 amide bonds. The van der Waals surface area contributed by atoms with Crippen LogP contribution in [-0.4, -0.2) is 61.1 Å². The highest BCUT2D eigenvalue weighted by molar-refractivity contribution is 6.29. The molecule has 6 nitrogen and oxygen atoms in total. The summed E-state index contributed by atoms with van der Waals surface area (Å²) in [6, 6.07) is 3.24. The highest BCUT2D eigenvalue weighted by Crippen LogP contribution is 2.14. The lowest BCUT2D eigenvalue weighted by Crippen LogP contribution is -2.52. The van der Waals surface area contributed by atoms with E-state index < -0.39 is 0 Å². The Kier molecular flexibility index (Phi) is 4.57. The Morgan fingerprint density at radius 3 is 2.63 bits per heavy atom. The Morgan fingerprint density at radius 2 is 2.00 bits per heavy atom. The van der Waals surface area contributed by atoms with Gasteiger partial charge in [0.15, 0.2) is 0 Å². The van der Waals surface area contributed by atoms with E-state index in [0.29, 0.717) is 16.5 Å². The summed E-state index contributed by atoms with van der Waals surface area (Å²) in [5.74, 6) is 0.418. The second-order valence-electron chi connectivity index (χ2n) is 4.55. The zero-order chi connectivity index (χ0) is 13.8. The molecule has 0 aromatic carbocycles. The minimum atomic E-state index is -0.162. The molecule has 1 aromatic rings. The number of hydrazine groups is 1. The average molecular weight is 284 g/mol. The third-order valence-corrected chi connectivity index (χ3v) is 3.27. The largest absolute Gasteiger partial charge is 0.373 e. The van der Waals surface area contributed by atoms with E-state index >= 15 is 0 Å². The molecule has 19 heavy (non-hydrogen) atoms. The Bertz CT molecular complexity index is 459. The molecule has 0 atom stereocenters. The van der Waals surface area contributed by atoms with Gasteiger partial charge in [0, 0.05) is 38.8 Å². The third kappa shape index (κ3) is 3.79. The van der Waals surface area contributed by atoms with Crippen LogP contribution in [-0.2, 0) is 0 Å². The van der Waals surface area contributed by atoms with Gasteiger partial charge in [-0.2, -0.15) is 0 Å². The molecule has 1 aliphatic heterocycles. The summed E-state index contributed by atoms with van der Waals surface area (Å²) in [7, 11) is 3.81. The molecule has 0 unspecified atom stereocenters. The van der Waals surface area contributed by atoms with E-state index in [4.69, 9.17) is 11.6 Å². The molecular weight excluding hydrogens is 266 g/mol. The highest BCUT2D eigenvalue weighted by Gasteiger charge is 2.17. The van der Waals surface area contributed by atoms with Crippen LogP contribution >= 0.6 is 11.6 Å². The van der Waals surface area contributed by atoms with Gasteiger partial charge in [0.05, 0.1) is 0 Å². The minimum absolute atomic E-state index is 0.162. The topological polar surface area (TPSA) is 60.5 Å². The van der Waals surface area contributed by atoms with Crippen LogP contribution in [0, 0.1) is 0 Å².